The Hall–Kier alpha value is -2.89. The number of aromatic carboxylic acids is 1. The van der Waals surface area contributed by atoms with Crippen LogP contribution in [0, 0.1) is 6.92 Å². The van der Waals surface area contributed by atoms with Gasteiger partial charge >= 0.3 is 5.97 Å². The van der Waals surface area contributed by atoms with Crippen LogP contribution in [0.3, 0.4) is 0 Å². The lowest BCUT2D eigenvalue weighted by atomic mass is 10.1. The Kier molecular flexibility index (Phi) is 3.87. The zero-order valence-corrected chi connectivity index (χ0v) is 14.1. The first-order valence-corrected chi connectivity index (χ1v) is 8.46. The van der Waals surface area contributed by atoms with E-state index in [1.54, 1.807) is 10.9 Å². The van der Waals surface area contributed by atoms with Gasteiger partial charge in [0, 0.05) is 18.3 Å². The molecule has 1 aliphatic rings. The number of aryl methyl sites for hydroxylation is 1. The quantitative estimate of drug-likeness (QED) is 0.751. The first-order chi connectivity index (χ1) is 12.1. The van der Waals surface area contributed by atoms with Gasteiger partial charge in [-0.25, -0.2) is 4.79 Å². The Morgan fingerprint density at radius 1 is 1.12 bits per heavy atom. The third-order valence-electron chi connectivity index (χ3n) is 4.46. The molecule has 0 aliphatic heterocycles. The highest BCUT2D eigenvalue weighted by atomic mass is 16.4. The van der Waals surface area contributed by atoms with Gasteiger partial charge in [0.05, 0.1) is 25.0 Å². The van der Waals surface area contributed by atoms with Crippen molar-refractivity contribution in [2.75, 3.05) is 0 Å². The first kappa shape index (κ1) is 15.6. The number of carbonyl (C=O) groups is 1. The molecule has 0 bridgehead atoms. The molecule has 1 aliphatic carbocycles. The predicted molar refractivity (Wildman–Crippen MR) is 92.8 cm³/mol. The minimum Gasteiger partial charge on any atom is -0.478 e. The van der Waals surface area contributed by atoms with E-state index in [0.29, 0.717) is 18.0 Å². The predicted octanol–water partition coefficient (Wildman–Crippen LogP) is 3.06. The normalized spacial score (nSPS) is 14.0. The Labute approximate surface area is 145 Å². The molecule has 1 aromatic carbocycles. The van der Waals surface area contributed by atoms with Gasteiger partial charge in [0.25, 0.3) is 0 Å². The number of carboxylic acid groups (broad SMARTS) is 1. The average molecular weight is 336 g/mol. The second-order valence-electron chi connectivity index (χ2n) is 6.74. The molecular formula is C19H20N4O2. The topological polar surface area (TPSA) is 72.9 Å². The Morgan fingerprint density at radius 2 is 1.76 bits per heavy atom. The molecule has 0 saturated heterocycles. The molecule has 0 amide bonds. The van der Waals surface area contributed by atoms with Crippen molar-refractivity contribution in [2.24, 2.45) is 0 Å². The van der Waals surface area contributed by atoms with Gasteiger partial charge in [-0.1, -0.05) is 24.3 Å². The van der Waals surface area contributed by atoms with E-state index in [1.165, 1.54) is 5.56 Å². The van der Waals surface area contributed by atoms with Gasteiger partial charge in [0.1, 0.15) is 5.56 Å². The van der Waals surface area contributed by atoms with Crippen molar-refractivity contribution >= 4 is 5.97 Å². The van der Waals surface area contributed by atoms with E-state index in [9.17, 15) is 9.90 Å². The first-order valence-electron chi connectivity index (χ1n) is 8.46. The molecule has 128 valence electrons. The van der Waals surface area contributed by atoms with E-state index in [-0.39, 0.29) is 0 Å². The summed E-state index contributed by atoms with van der Waals surface area (Å²) in [5.74, 6) is -0.565. The number of hydrogen-bond acceptors (Lipinski definition) is 3. The van der Waals surface area contributed by atoms with E-state index in [1.807, 2.05) is 24.0 Å². The van der Waals surface area contributed by atoms with Crippen LogP contribution in [0.2, 0.25) is 0 Å². The van der Waals surface area contributed by atoms with Crippen molar-refractivity contribution < 1.29 is 9.90 Å². The van der Waals surface area contributed by atoms with E-state index in [2.05, 4.69) is 34.5 Å². The monoisotopic (exact) mass is 336 g/mol. The molecule has 3 aromatic rings. The van der Waals surface area contributed by atoms with Crippen molar-refractivity contribution in [1.29, 1.82) is 0 Å². The third kappa shape index (κ3) is 3.47. The summed E-state index contributed by atoms with van der Waals surface area (Å²) in [6, 6.07) is 8.28. The van der Waals surface area contributed by atoms with Crippen LogP contribution < -0.4 is 0 Å². The fourth-order valence-electron chi connectivity index (χ4n) is 3.02. The summed E-state index contributed by atoms with van der Waals surface area (Å²) in [5, 5.41) is 18.1. The molecule has 1 N–H and O–H groups in total. The highest BCUT2D eigenvalue weighted by Gasteiger charge is 2.31. The fourth-order valence-corrected chi connectivity index (χ4v) is 3.02. The van der Waals surface area contributed by atoms with Gasteiger partial charge in [-0.3, -0.25) is 9.36 Å². The van der Waals surface area contributed by atoms with Crippen molar-refractivity contribution in [3.8, 4) is 0 Å². The molecule has 4 rings (SSSR count). The Bertz CT molecular complexity index is 904. The highest BCUT2D eigenvalue weighted by Crippen LogP contribution is 2.40. The van der Waals surface area contributed by atoms with Crippen LogP contribution in [0.15, 0.2) is 42.9 Å². The second-order valence-corrected chi connectivity index (χ2v) is 6.74. The smallest absolute Gasteiger partial charge is 0.339 e. The third-order valence-corrected chi connectivity index (χ3v) is 4.46. The summed E-state index contributed by atoms with van der Waals surface area (Å²) in [6.07, 6.45) is 7.60. The number of benzene rings is 1. The van der Waals surface area contributed by atoms with E-state index in [0.717, 1.165) is 36.2 Å². The minimum atomic E-state index is -0.891. The molecule has 0 spiro atoms. The number of rotatable bonds is 6. The van der Waals surface area contributed by atoms with E-state index >= 15 is 0 Å². The van der Waals surface area contributed by atoms with Crippen molar-refractivity contribution in [3.63, 3.8) is 0 Å². The number of nitrogens with zero attached hydrogens (tertiary/aromatic N) is 4. The van der Waals surface area contributed by atoms with Crippen LogP contribution >= 0.6 is 0 Å². The molecule has 6 nitrogen and oxygen atoms in total. The Balaban J connectivity index is 1.47. The maximum absolute atomic E-state index is 11.4. The van der Waals surface area contributed by atoms with Crippen molar-refractivity contribution in [1.82, 2.24) is 19.6 Å². The van der Waals surface area contributed by atoms with Crippen molar-refractivity contribution in [3.05, 3.63) is 70.8 Å². The van der Waals surface area contributed by atoms with Crippen molar-refractivity contribution in [2.45, 2.75) is 38.8 Å². The van der Waals surface area contributed by atoms with E-state index < -0.39 is 5.97 Å². The van der Waals surface area contributed by atoms with Gasteiger partial charge in [-0.15, -0.1) is 0 Å². The van der Waals surface area contributed by atoms with E-state index in [4.69, 9.17) is 0 Å². The molecule has 1 fully saturated rings. The minimum absolute atomic E-state index is 0.326. The molecule has 0 unspecified atom stereocenters. The lowest BCUT2D eigenvalue weighted by molar-refractivity contribution is 0.0695. The van der Waals surface area contributed by atoms with Crippen LogP contribution in [0.4, 0.5) is 0 Å². The van der Waals surface area contributed by atoms with Gasteiger partial charge < -0.3 is 5.11 Å². The SMILES string of the molecule is Cc1cnn(Cc2ccc(Cn3cc(C(=O)O)c(C4CC4)n3)cc2)c1. The van der Waals surface area contributed by atoms with Gasteiger partial charge in [-0.2, -0.15) is 10.2 Å². The zero-order valence-electron chi connectivity index (χ0n) is 14.1. The van der Waals surface area contributed by atoms with Gasteiger partial charge in [0.15, 0.2) is 0 Å². The summed E-state index contributed by atoms with van der Waals surface area (Å²) in [6.45, 7) is 3.34. The van der Waals surface area contributed by atoms with Gasteiger partial charge in [0.2, 0.25) is 0 Å². The maximum atomic E-state index is 11.4. The van der Waals surface area contributed by atoms with Crippen LogP contribution in [0.25, 0.3) is 0 Å². The van der Waals surface area contributed by atoms with Gasteiger partial charge in [-0.05, 0) is 36.5 Å². The van der Waals surface area contributed by atoms with Crippen LogP contribution in [0.1, 0.15) is 51.5 Å². The number of hydrogen-bond donors (Lipinski definition) is 1. The van der Waals surface area contributed by atoms with Crippen LogP contribution in [0.5, 0.6) is 0 Å². The molecule has 25 heavy (non-hydrogen) atoms. The molecule has 0 atom stereocenters. The zero-order chi connectivity index (χ0) is 17.4. The lowest BCUT2D eigenvalue weighted by Crippen LogP contribution is -2.03. The standard InChI is InChI=1S/C19H20N4O2/c1-13-8-20-22(9-13)10-14-2-4-15(5-3-14)11-23-12-17(19(24)25)18(21-23)16-6-7-16/h2-5,8-9,12,16H,6-7,10-11H2,1H3,(H,24,25). The summed E-state index contributed by atoms with van der Waals surface area (Å²) < 4.78 is 3.65. The van der Waals surface area contributed by atoms with Crippen LogP contribution in [-0.4, -0.2) is 30.6 Å². The molecule has 0 radical (unpaired) electrons. The Morgan fingerprint density at radius 3 is 2.28 bits per heavy atom. The molecule has 6 heteroatoms. The molecule has 2 heterocycles. The molecule has 1 saturated carbocycles. The summed E-state index contributed by atoms with van der Waals surface area (Å²) >= 11 is 0. The molecular weight excluding hydrogens is 316 g/mol. The second kappa shape index (κ2) is 6.20. The summed E-state index contributed by atoms with van der Waals surface area (Å²) in [7, 11) is 0. The summed E-state index contributed by atoms with van der Waals surface area (Å²) in [5.41, 5.74) is 4.50. The largest absolute Gasteiger partial charge is 0.478 e. The molecule has 2 aromatic heterocycles. The highest BCUT2D eigenvalue weighted by molar-refractivity contribution is 5.89. The average Bonchev–Trinajstić information content (AvgIpc) is 3.22. The van der Waals surface area contributed by atoms with Crippen LogP contribution in [-0.2, 0) is 13.1 Å². The number of carboxylic acids is 1. The summed E-state index contributed by atoms with van der Waals surface area (Å²) in [4.78, 5) is 11.4. The number of aromatic nitrogens is 4. The maximum Gasteiger partial charge on any atom is 0.339 e. The fraction of sp³-hybridized carbons (Fsp3) is 0.316. The lowest BCUT2D eigenvalue weighted by Gasteiger charge is -2.05.